The lowest BCUT2D eigenvalue weighted by Gasteiger charge is -2.20. The molecule has 2 aromatic rings. The van der Waals surface area contributed by atoms with Crippen LogP contribution in [0.4, 0.5) is 4.39 Å². The third-order valence-corrected chi connectivity index (χ3v) is 4.95. The van der Waals surface area contributed by atoms with Gasteiger partial charge < -0.3 is 5.73 Å². The van der Waals surface area contributed by atoms with E-state index in [4.69, 9.17) is 5.73 Å². The fourth-order valence-electron chi connectivity index (χ4n) is 2.59. The van der Waals surface area contributed by atoms with Crippen LogP contribution in [-0.2, 0) is 0 Å². The van der Waals surface area contributed by atoms with Crippen molar-refractivity contribution in [2.45, 2.75) is 23.8 Å². The molecular weight excluding hydrogens is 257 g/mol. The molecule has 0 saturated carbocycles. The van der Waals surface area contributed by atoms with Gasteiger partial charge in [-0.3, -0.25) is 0 Å². The predicted molar refractivity (Wildman–Crippen MR) is 78.0 cm³/mol. The summed E-state index contributed by atoms with van der Waals surface area (Å²) in [6.45, 7) is 1.78. The molecular formula is C16H16FNS. The molecule has 19 heavy (non-hydrogen) atoms. The number of hydrogen-bond donors (Lipinski definition) is 1. The zero-order valence-electron chi connectivity index (χ0n) is 10.8. The maximum absolute atomic E-state index is 13.3. The lowest BCUT2D eigenvalue weighted by molar-refractivity contribution is 0.594. The van der Waals surface area contributed by atoms with Crippen LogP contribution in [0.1, 0.15) is 28.7 Å². The third-order valence-electron chi connectivity index (χ3n) is 3.74. The van der Waals surface area contributed by atoms with E-state index < -0.39 is 0 Å². The van der Waals surface area contributed by atoms with E-state index in [0.29, 0.717) is 11.5 Å². The molecule has 1 nitrogen and oxygen atoms in total. The molecule has 2 atom stereocenters. The number of benzene rings is 2. The lowest BCUT2D eigenvalue weighted by Crippen LogP contribution is -2.20. The number of hydrogen-bond acceptors (Lipinski definition) is 2. The van der Waals surface area contributed by atoms with E-state index in [0.717, 1.165) is 11.3 Å². The Morgan fingerprint density at radius 1 is 1.26 bits per heavy atom. The summed E-state index contributed by atoms with van der Waals surface area (Å²) in [6, 6.07) is 13.5. The smallest absolute Gasteiger partial charge is 0.126 e. The number of rotatable bonds is 2. The molecule has 0 spiro atoms. The van der Waals surface area contributed by atoms with Crippen molar-refractivity contribution in [3.63, 3.8) is 0 Å². The minimum atomic E-state index is -0.169. The van der Waals surface area contributed by atoms with Crippen molar-refractivity contribution in [1.29, 1.82) is 0 Å². The minimum Gasteiger partial charge on any atom is -0.323 e. The normalized spacial score (nSPS) is 19.2. The molecule has 1 heterocycles. The SMILES string of the molecule is Cc1cc(C(N)C2CSc3ccccc32)ccc1F. The standard InChI is InChI=1S/C16H16FNS/c1-10-8-11(6-7-14(10)17)16(18)13-9-19-15-5-3-2-4-12(13)15/h2-8,13,16H,9,18H2,1H3. The first-order valence-electron chi connectivity index (χ1n) is 6.40. The Kier molecular flexibility index (Phi) is 3.33. The summed E-state index contributed by atoms with van der Waals surface area (Å²) in [4.78, 5) is 1.32. The number of thioether (sulfide) groups is 1. The van der Waals surface area contributed by atoms with Crippen molar-refractivity contribution >= 4 is 11.8 Å². The third kappa shape index (κ3) is 2.28. The molecule has 2 unspecified atom stereocenters. The Balaban J connectivity index is 1.93. The fourth-order valence-corrected chi connectivity index (χ4v) is 3.90. The first-order valence-corrected chi connectivity index (χ1v) is 7.39. The number of halogens is 1. The maximum atomic E-state index is 13.3. The molecule has 0 aliphatic carbocycles. The molecule has 1 aliphatic heterocycles. The van der Waals surface area contributed by atoms with Crippen molar-refractivity contribution in [2.75, 3.05) is 5.75 Å². The van der Waals surface area contributed by atoms with Gasteiger partial charge >= 0.3 is 0 Å². The van der Waals surface area contributed by atoms with E-state index >= 15 is 0 Å². The first-order chi connectivity index (χ1) is 9.16. The second-order valence-corrected chi connectivity index (χ2v) is 6.05. The molecule has 0 saturated heterocycles. The summed E-state index contributed by atoms with van der Waals surface area (Å²) < 4.78 is 13.3. The second-order valence-electron chi connectivity index (χ2n) is 4.99. The molecule has 98 valence electrons. The first kappa shape index (κ1) is 12.7. The van der Waals surface area contributed by atoms with E-state index in [1.165, 1.54) is 16.5 Å². The van der Waals surface area contributed by atoms with Crippen LogP contribution in [0.5, 0.6) is 0 Å². The van der Waals surface area contributed by atoms with Gasteiger partial charge in [0.05, 0.1) is 0 Å². The van der Waals surface area contributed by atoms with Crippen LogP contribution in [0, 0.1) is 12.7 Å². The summed E-state index contributed by atoms with van der Waals surface area (Å²) in [5, 5.41) is 0. The highest BCUT2D eigenvalue weighted by atomic mass is 32.2. The van der Waals surface area contributed by atoms with Crippen LogP contribution >= 0.6 is 11.8 Å². The Morgan fingerprint density at radius 2 is 2.05 bits per heavy atom. The van der Waals surface area contributed by atoms with Gasteiger partial charge in [-0.1, -0.05) is 30.3 Å². The summed E-state index contributed by atoms with van der Waals surface area (Å²) in [7, 11) is 0. The van der Waals surface area contributed by atoms with E-state index in [1.54, 1.807) is 13.0 Å². The zero-order chi connectivity index (χ0) is 13.4. The molecule has 0 aromatic heterocycles. The molecule has 0 amide bonds. The van der Waals surface area contributed by atoms with Gasteiger partial charge in [0, 0.05) is 22.6 Å². The van der Waals surface area contributed by atoms with Gasteiger partial charge in [0.2, 0.25) is 0 Å². The highest BCUT2D eigenvalue weighted by Gasteiger charge is 2.29. The molecule has 2 N–H and O–H groups in total. The topological polar surface area (TPSA) is 26.0 Å². The largest absolute Gasteiger partial charge is 0.323 e. The number of nitrogens with two attached hydrogens (primary N) is 1. The quantitative estimate of drug-likeness (QED) is 0.894. The van der Waals surface area contributed by atoms with E-state index in [1.807, 2.05) is 17.8 Å². The van der Waals surface area contributed by atoms with Crippen molar-refractivity contribution in [1.82, 2.24) is 0 Å². The molecule has 1 aliphatic rings. The van der Waals surface area contributed by atoms with E-state index in [2.05, 4.69) is 24.3 Å². The summed E-state index contributed by atoms with van der Waals surface area (Å²) in [5.74, 6) is 1.14. The number of fused-ring (bicyclic) bond motifs is 1. The summed E-state index contributed by atoms with van der Waals surface area (Å²) in [5.41, 5.74) is 9.39. The van der Waals surface area contributed by atoms with Gasteiger partial charge in [0.1, 0.15) is 5.82 Å². The molecule has 0 radical (unpaired) electrons. The van der Waals surface area contributed by atoms with Gasteiger partial charge in [-0.15, -0.1) is 11.8 Å². The van der Waals surface area contributed by atoms with Crippen molar-refractivity contribution in [3.05, 3.63) is 65.0 Å². The van der Waals surface area contributed by atoms with Gasteiger partial charge in [-0.2, -0.15) is 0 Å². The highest BCUT2D eigenvalue weighted by Crippen LogP contribution is 2.44. The Labute approximate surface area is 117 Å². The molecule has 3 heteroatoms. The fraction of sp³-hybridized carbons (Fsp3) is 0.250. The van der Waals surface area contributed by atoms with Crippen LogP contribution in [0.25, 0.3) is 0 Å². The second kappa shape index (κ2) is 4.99. The molecule has 0 fully saturated rings. The summed E-state index contributed by atoms with van der Waals surface area (Å²) >= 11 is 1.85. The van der Waals surface area contributed by atoms with Crippen LogP contribution in [0.3, 0.4) is 0 Å². The molecule has 2 aromatic carbocycles. The van der Waals surface area contributed by atoms with Gasteiger partial charge in [0.25, 0.3) is 0 Å². The van der Waals surface area contributed by atoms with Gasteiger partial charge in [0.15, 0.2) is 0 Å². The monoisotopic (exact) mass is 273 g/mol. The number of aryl methyl sites for hydroxylation is 1. The molecule has 3 rings (SSSR count). The van der Waals surface area contributed by atoms with Gasteiger partial charge in [-0.25, -0.2) is 4.39 Å². The molecule has 0 bridgehead atoms. The minimum absolute atomic E-state index is 0.0737. The predicted octanol–water partition coefficient (Wildman–Crippen LogP) is 4.02. The van der Waals surface area contributed by atoms with Crippen LogP contribution in [-0.4, -0.2) is 5.75 Å². The average molecular weight is 273 g/mol. The van der Waals surface area contributed by atoms with Crippen molar-refractivity contribution < 1.29 is 4.39 Å². The van der Waals surface area contributed by atoms with Crippen LogP contribution in [0.2, 0.25) is 0 Å². The average Bonchev–Trinajstić information content (AvgIpc) is 2.85. The summed E-state index contributed by atoms with van der Waals surface area (Å²) in [6.07, 6.45) is 0. The van der Waals surface area contributed by atoms with E-state index in [9.17, 15) is 4.39 Å². The maximum Gasteiger partial charge on any atom is 0.126 e. The van der Waals surface area contributed by atoms with E-state index in [-0.39, 0.29) is 11.9 Å². The van der Waals surface area contributed by atoms with Crippen molar-refractivity contribution in [3.8, 4) is 0 Å². The lowest BCUT2D eigenvalue weighted by atomic mass is 9.89. The van der Waals surface area contributed by atoms with Crippen molar-refractivity contribution in [2.24, 2.45) is 5.73 Å². The van der Waals surface area contributed by atoms with Crippen LogP contribution in [0.15, 0.2) is 47.4 Å². The van der Waals surface area contributed by atoms with Gasteiger partial charge in [-0.05, 0) is 35.7 Å². The van der Waals surface area contributed by atoms with Crippen LogP contribution < -0.4 is 5.73 Å². The zero-order valence-corrected chi connectivity index (χ0v) is 11.6. The Bertz CT molecular complexity index is 611. The highest BCUT2D eigenvalue weighted by molar-refractivity contribution is 7.99. The Morgan fingerprint density at radius 3 is 2.84 bits per heavy atom. The Hall–Kier alpha value is -1.32.